The zero-order valence-corrected chi connectivity index (χ0v) is 25.7. The topological polar surface area (TPSA) is 17.1 Å². The molecule has 0 spiro atoms. The molecule has 184 valence electrons. The van der Waals surface area contributed by atoms with Gasteiger partial charge in [0.2, 0.25) is 6.34 Å². The number of hydrogen-bond acceptors (Lipinski definition) is 6. The Morgan fingerprint density at radius 1 is 0.649 bits per heavy atom. The summed E-state index contributed by atoms with van der Waals surface area (Å²) in [4.78, 5) is 8.92. The highest BCUT2D eigenvalue weighted by atomic mass is 32.7. The van der Waals surface area contributed by atoms with Crippen molar-refractivity contribution < 1.29 is 4.57 Å². The van der Waals surface area contributed by atoms with Crippen LogP contribution in [0.25, 0.3) is 41.4 Å². The molecule has 1 unspecified atom stereocenters. The van der Waals surface area contributed by atoms with E-state index >= 15 is 4.57 Å². The van der Waals surface area contributed by atoms with Crippen LogP contribution < -0.4 is 10.6 Å². The lowest BCUT2D eigenvalue weighted by atomic mass is 10.0. The van der Waals surface area contributed by atoms with Gasteiger partial charge in [-0.25, -0.2) is 0 Å². The van der Waals surface area contributed by atoms with Crippen molar-refractivity contribution >= 4 is 83.1 Å². The molecule has 0 amide bonds. The van der Waals surface area contributed by atoms with Crippen molar-refractivity contribution in [3.63, 3.8) is 0 Å². The normalized spacial score (nSPS) is 16.4. The maximum Gasteiger partial charge on any atom is 0.203 e. The zero-order chi connectivity index (χ0) is 25.5. The molecule has 0 bridgehead atoms. The summed E-state index contributed by atoms with van der Waals surface area (Å²) in [6, 6.07) is 23.3. The van der Waals surface area contributed by atoms with Crippen LogP contribution in [0.1, 0.15) is 19.5 Å². The summed E-state index contributed by atoms with van der Waals surface area (Å²) in [5.41, 5.74) is 5.12. The van der Waals surface area contributed by atoms with Crippen LogP contribution in [0.5, 0.6) is 0 Å². The van der Waals surface area contributed by atoms with Gasteiger partial charge < -0.3 is 4.57 Å². The van der Waals surface area contributed by atoms with E-state index < -0.39 is 6.34 Å². The number of thiophene rings is 4. The van der Waals surface area contributed by atoms with Crippen molar-refractivity contribution in [1.82, 2.24) is 0 Å². The van der Waals surface area contributed by atoms with Crippen LogP contribution in [0.4, 0.5) is 0 Å². The first-order chi connectivity index (χ1) is 17.8. The fraction of sp³-hybridized carbons (Fsp3) is 0.133. The molecular weight excluding hydrogens is 568 g/mol. The van der Waals surface area contributed by atoms with Crippen LogP contribution in [-0.4, -0.2) is 0 Å². The molecule has 37 heavy (non-hydrogen) atoms. The fourth-order valence-corrected chi connectivity index (χ4v) is 17.0. The highest BCUT2D eigenvalue weighted by molar-refractivity contribution is 8.63. The third kappa shape index (κ3) is 3.65. The third-order valence-electron chi connectivity index (χ3n) is 6.83. The van der Waals surface area contributed by atoms with Crippen molar-refractivity contribution in [3.8, 4) is 32.0 Å². The van der Waals surface area contributed by atoms with Gasteiger partial charge in [0, 0.05) is 56.2 Å². The smallest absolute Gasteiger partial charge is 0.203 e. The van der Waals surface area contributed by atoms with Crippen LogP contribution in [-0.2, 0) is 4.57 Å². The van der Waals surface area contributed by atoms with E-state index in [4.69, 9.17) is 0 Å². The van der Waals surface area contributed by atoms with Gasteiger partial charge in [-0.2, -0.15) is 0 Å². The quantitative estimate of drug-likeness (QED) is 0.190. The number of benzene rings is 2. The molecule has 7 heteroatoms. The molecular formula is C30H23OPS5. The second kappa shape index (κ2) is 8.81. The number of hydrogen-bond donors (Lipinski definition) is 0. The Morgan fingerprint density at radius 2 is 1.27 bits per heavy atom. The molecule has 5 heterocycles. The SMILES string of the molecule is Cc1cc(-c2sc3c4c(sc3c2-c2cc(C)sc2C)-c2ccccc2P4(=O)Sc2ccccc2)c(C)s1. The molecule has 1 nitrogen and oxygen atoms in total. The summed E-state index contributed by atoms with van der Waals surface area (Å²) in [5.74, 6) is 0. The van der Waals surface area contributed by atoms with Crippen LogP contribution in [0.15, 0.2) is 71.6 Å². The molecule has 1 aliphatic rings. The maximum atomic E-state index is 15.2. The lowest BCUT2D eigenvalue weighted by Gasteiger charge is -2.14. The highest BCUT2D eigenvalue weighted by Gasteiger charge is 2.44. The predicted molar refractivity (Wildman–Crippen MR) is 170 cm³/mol. The van der Waals surface area contributed by atoms with Gasteiger partial charge in [0.25, 0.3) is 0 Å². The van der Waals surface area contributed by atoms with Gasteiger partial charge in [0.15, 0.2) is 0 Å². The van der Waals surface area contributed by atoms with E-state index in [0.717, 1.165) is 21.1 Å². The van der Waals surface area contributed by atoms with Crippen molar-refractivity contribution in [2.75, 3.05) is 0 Å². The van der Waals surface area contributed by atoms with Gasteiger partial charge in [0.1, 0.15) is 0 Å². The van der Waals surface area contributed by atoms with E-state index in [-0.39, 0.29) is 0 Å². The Kier molecular flexibility index (Phi) is 5.75. The summed E-state index contributed by atoms with van der Waals surface area (Å²) in [6.07, 6.45) is -2.93. The Labute approximate surface area is 237 Å². The monoisotopic (exact) mass is 590 g/mol. The van der Waals surface area contributed by atoms with Crippen molar-refractivity contribution in [2.45, 2.75) is 32.6 Å². The Hall–Kier alpha value is -1.92. The minimum absolute atomic E-state index is 0.994. The minimum atomic E-state index is -2.93. The van der Waals surface area contributed by atoms with Crippen molar-refractivity contribution in [1.29, 1.82) is 0 Å². The standard InChI is InChI=1S/C30H23OPS5/c1-16-14-22(18(3)33-16)25-27(23-15-17(2)34-19(23)4)35-30-26-28(36-29(25)30)21-12-8-9-13-24(21)32(26,31)37-20-10-6-5-7-11-20/h5-15H,1-4H3. The Morgan fingerprint density at radius 3 is 1.95 bits per heavy atom. The molecule has 0 radical (unpaired) electrons. The maximum absolute atomic E-state index is 15.2. The van der Waals surface area contributed by atoms with E-state index in [0.29, 0.717) is 0 Å². The van der Waals surface area contributed by atoms with Gasteiger partial charge in [-0.1, -0.05) is 47.8 Å². The Balaban J connectivity index is 1.57. The number of rotatable bonds is 4. The molecule has 1 aliphatic heterocycles. The predicted octanol–water partition coefficient (Wildman–Crippen LogP) is 10.7. The van der Waals surface area contributed by atoms with E-state index in [1.54, 1.807) is 11.4 Å². The molecule has 0 saturated carbocycles. The number of aryl methyl sites for hydroxylation is 4. The minimum Gasteiger partial charge on any atom is -0.302 e. The molecule has 4 aromatic heterocycles. The first-order valence-electron chi connectivity index (χ1n) is 12.0. The van der Waals surface area contributed by atoms with Crippen LogP contribution in [0.2, 0.25) is 0 Å². The van der Waals surface area contributed by atoms with Crippen molar-refractivity contribution in [2.24, 2.45) is 0 Å². The molecule has 6 aromatic rings. The number of fused-ring (bicyclic) bond motifs is 5. The molecule has 1 atom stereocenters. The molecule has 2 aromatic carbocycles. The lowest BCUT2D eigenvalue weighted by molar-refractivity contribution is 0.596. The van der Waals surface area contributed by atoms with E-state index in [2.05, 4.69) is 70.2 Å². The van der Waals surface area contributed by atoms with Crippen LogP contribution in [0.3, 0.4) is 0 Å². The van der Waals surface area contributed by atoms with E-state index in [1.807, 2.05) is 69.6 Å². The molecule has 0 N–H and O–H groups in total. The molecule has 0 fully saturated rings. The summed E-state index contributed by atoms with van der Waals surface area (Å²) in [7, 11) is 0. The van der Waals surface area contributed by atoms with Crippen LogP contribution >= 0.6 is 63.1 Å². The van der Waals surface area contributed by atoms with Gasteiger partial charge in [-0.05, 0) is 63.6 Å². The largest absolute Gasteiger partial charge is 0.302 e. The van der Waals surface area contributed by atoms with Gasteiger partial charge in [0.05, 0.1) is 14.7 Å². The summed E-state index contributed by atoms with van der Waals surface area (Å²) in [5, 5.41) is 2.06. The van der Waals surface area contributed by atoms with E-state index in [9.17, 15) is 0 Å². The van der Waals surface area contributed by atoms with E-state index in [1.165, 1.54) is 55.4 Å². The second-order valence-corrected chi connectivity index (χ2v) is 19.1. The van der Waals surface area contributed by atoms with Crippen molar-refractivity contribution in [3.05, 3.63) is 86.2 Å². The average Bonchev–Trinajstić information content (AvgIpc) is 3.63. The molecule has 7 rings (SSSR count). The van der Waals surface area contributed by atoms with Gasteiger partial charge in [-0.3, -0.25) is 0 Å². The van der Waals surface area contributed by atoms with Crippen LogP contribution in [0, 0.1) is 27.7 Å². The zero-order valence-electron chi connectivity index (χ0n) is 20.7. The third-order valence-corrected chi connectivity index (χ3v) is 17.0. The lowest BCUT2D eigenvalue weighted by Crippen LogP contribution is -2.06. The summed E-state index contributed by atoms with van der Waals surface area (Å²) in [6.45, 7) is 8.85. The molecule has 0 saturated heterocycles. The van der Waals surface area contributed by atoms with Gasteiger partial charge in [-0.15, -0.1) is 45.3 Å². The highest BCUT2D eigenvalue weighted by Crippen LogP contribution is 2.69. The summed E-state index contributed by atoms with van der Waals surface area (Å²) >= 11 is 8.97. The van der Waals surface area contributed by atoms with Gasteiger partial charge >= 0.3 is 0 Å². The molecule has 0 aliphatic carbocycles. The second-order valence-electron chi connectivity index (χ2n) is 9.37. The average molecular weight is 591 g/mol. The first kappa shape index (κ1) is 24.1. The summed E-state index contributed by atoms with van der Waals surface area (Å²) < 4.78 is 17.7. The Bertz CT molecular complexity index is 1880. The fourth-order valence-electron chi connectivity index (χ4n) is 5.31. The first-order valence-corrected chi connectivity index (χ1v) is 18.4.